The summed E-state index contributed by atoms with van der Waals surface area (Å²) in [5.41, 5.74) is 12.8. The van der Waals surface area contributed by atoms with E-state index in [0.29, 0.717) is 0 Å². The minimum Gasteiger partial charge on any atom is -0.455 e. The Balaban J connectivity index is 1.08. The molecule has 0 saturated heterocycles. The third-order valence-corrected chi connectivity index (χ3v) is 12.3. The molecule has 0 N–H and O–H groups in total. The first-order valence-corrected chi connectivity index (χ1v) is 19.8. The maximum absolute atomic E-state index is 6.89. The molecule has 0 fully saturated rings. The molecule has 272 valence electrons. The molecule has 3 nitrogen and oxygen atoms in total. The maximum atomic E-state index is 6.89. The fraction of sp³-hybridized carbons (Fsp3) is 0.0364. The van der Waals surface area contributed by atoms with Gasteiger partial charge in [-0.3, -0.25) is 4.99 Å². The molecule has 0 spiro atoms. The van der Waals surface area contributed by atoms with Crippen LogP contribution in [0.25, 0.3) is 92.9 Å². The van der Waals surface area contributed by atoms with E-state index in [1.54, 1.807) is 0 Å². The van der Waals surface area contributed by atoms with E-state index < -0.39 is 0 Å². The lowest BCUT2D eigenvalue weighted by atomic mass is 9.80. The molecule has 9 aromatic carbocycles. The van der Waals surface area contributed by atoms with E-state index in [1.165, 1.54) is 32.3 Å². The molecule has 1 aliphatic rings. The summed E-state index contributed by atoms with van der Waals surface area (Å²) in [4.78, 5) is 5.57. The summed E-state index contributed by atoms with van der Waals surface area (Å²) in [5.74, 6) is 0. The third kappa shape index (κ3) is 4.71. The number of allylic oxidation sites excluding steroid dienone is 1. The van der Waals surface area contributed by atoms with Crippen LogP contribution in [0, 0.1) is 0 Å². The molecule has 0 bridgehead atoms. The third-order valence-electron chi connectivity index (χ3n) is 12.3. The fourth-order valence-corrected chi connectivity index (χ4v) is 9.66. The maximum Gasteiger partial charge on any atom is 0.143 e. The van der Waals surface area contributed by atoms with E-state index in [-0.39, 0.29) is 6.04 Å². The van der Waals surface area contributed by atoms with Crippen LogP contribution in [-0.4, -0.2) is 5.71 Å². The molecule has 0 saturated carbocycles. The van der Waals surface area contributed by atoms with Gasteiger partial charge >= 0.3 is 0 Å². The molecule has 1 atom stereocenters. The van der Waals surface area contributed by atoms with Crippen molar-refractivity contribution in [2.75, 3.05) is 0 Å². The van der Waals surface area contributed by atoms with Crippen LogP contribution in [0.2, 0.25) is 0 Å². The summed E-state index contributed by atoms with van der Waals surface area (Å²) in [6, 6.07) is 62.0. The molecular formula is C55H35NO2. The molecule has 3 heterocycles. The monoisotopic (exact) mass is 741 g/mol. The van der Waals surface area contributed by atoms with E-state index in [9.17, 15) is 0 Å². The van der Waals surface area contributed by atoms with Gasteiger partial charge in [-0.15, -0.1) is 0 Å². The zero-order chi connectivity index (χ0) is 38.5. The lowest BCUT2D eigenvalue weighted by molar-refractivity contribution is 0.665. The van der Waals surface area contributed by atoms with Crippen molar-refractivity contribution in [2.45, 2.75) is 13.0 Å². The van der Waals surface area contributed by atoms with Gasteiger partial charge < -0.3 is 8.83 Å². The highest BCUT2D eigenvalue weighted by atomic mass is 16.3. The first-order valence-electron chi connectivity index (χ1n) is 19.8. The highest BCUT2D eigenvalue weighted by Crippen LogP contribution is 2.48. The number of furan rings is 2. The minimum atomic E-state index is -0.307. The van der Waals surface area contributed by atoms with Crippen LogP contribution in [0.15, 0.2) is 207 Å². The first kappa shape index (κ1) is 32.7. The van der Waals surface area contributed by atoms with E-state index in [4.69, 9.17) is 20.4 Å². The second kappa shape index (κ2) is 12.5. The first-order chi connectivity index (χ1) is 28.6. The number of para-hydroxylation sites is 3. The van der Waals surface area contributed by atoms with E-state index in [1.807, 2.05) is 12.1 Å². The summed E-state index contributed by atoms with van der Waals surface area (Å²) < 4.78 is 13.4. The number of benzene rings is 9. The average molecular weight is 742 g/mol. The Morgan fingerprint density at radius 3 is 1.69 bits per heavy atom. The molecule has 58 heavy (non-hydrogen) atoms. The smallest absolute Gasteiger partial charge is 0.143 e. The van der Waals surface area contributed by atoms with Gasteiger partial charge in [0.05, 0.1) is 5.71 Å². The molecule has 0 amide bonds. The molecule has 1 aliphatic heterocycles. The van der Waals surface area contributed by atoms with Crippen LogP contribution in [0.1, 0.15) is 29.7 Å². The zero-order valence-corrected chi connectivity index (χ0v) is 31.8. The Morgan fingerprint density at radius 1 is 0.448 bits per heavy atom. The van der Waals surface area contributed by atoms with Crippen LogP contribution in [0.4, 0.5) is 0 Å². The van der Waals surface area contributed by atoms with Gasteiger partial charge in [0.25, 0.3) is 0 Å². The Bertz CT molecular complexity index is 3560. The van der Waals surface area contributed by atoms with Crippen molar-refractivity contribution in [2.24, 2.45) is 4.99 Å². The number of fused-ring (bicyclic) bond motifs is 12. The van der Waals surface area contributed by atoms with Gasteiger partial charge in [0.15, 0.2) is 0 Å². The van der Waals surface area contributed by atoms with Gasteiger partial charge in [-0.2, -0.15) is 0 Å². The standard InChI is InChI=1S/C55H35NO2/c1-32-50(45-25-14-28-49-51(45)46-26-13-24-44(55(46)58-49)43-23-12-22-42-41-21-10-11-27-48(41)57-54(42)43)33(2)53(56-52(32)34-15-4-3-5-16-34)35-29-30-40-38-19-7-6-17-36(38)37-18-8-9-20-39(37)47(40)31-35/h3-31,53H,2H2,1H3. The number of aliphatic imine (C=N–C) groups is 1. The van der Waals surface area contributed by atoms with Crippen LogP contribution in [0.5, 0.6) is 0 Å². The summed E-state index contributed by atoms with van der Waals surface area (Å²) in [6.07, 6.45) is 0. The summed E-state index contributed by atoms with van der Waals surface area (Å²) in [5, 5.41) is 11.8. The lowest BCUT2D eigenvalue weighted by Gasteiger charge is -2.29. The zero-order valence-electron chi connectivity index (χ0n) is 31.8. The summed E-state index contributed by atoms with van der Waals surface area (Å²) >= 11 is 0. The number of rotatable bonds is 4. The summed E-state index contributed by atoms with van der Waals surface area (Å²) in [7, 11) is 0. The molecule has 2 aromatic heterocycles. The van der Waals surface area contributed by atoms with Gasteiger partial charge in [-0.05, 0) is 90.8 Å². The summed E-state index contributed by atoms with van der Waals surface area (Å²) in [6.45, 7) is 7.08. The van der Waals surface area contributed by atoms with Gasteiger partial charge in [0.2, 0.25) is 0 Å². The Morgan fingerprint density at radius 2 is 0.966 bits per heavy atom. The Kier molecular flexibility index (Phi) is 7.06. The van der Waals surface area contributed by atoms with Gasteiger partial charge in [-0.25, -0.2) is 0 Å². The van der Waals surface area contributed by atoms with Crippen molar-refractivity contribution in [3.8, 4) is 11.1 Å². The van der Waals surface area contributed by atoms with Crippen molar-refractivity contribution in [3.63, 3.8) is 0 Å². The average Bonchev–Trinajstić information content (AvgIpc) is 3.86. The quantitative estimate of drug-likeness (QED) is 0.169. The predicted octanol–water partition coefficient (Wildman–Crippen LogP) is 15.2. The van der Waals surface area contributed by atoms with Gasteiger partial charge in [0.1, 0.15) is 28.4 Å². The number of hydrogen-bond donors (Lipinski definition) is 0. The minimum absolute atomic E-state index is 0.307. The highest BCUT2D eigenvalue weighted by molar-refractivity contribution is 6.26. The van der Waals surface area contributed by atoms with Crippen LogP contribution >= 0.6 is 0 Å². The van der Waals surface area contributed by atoms with Crippen molar-refractivity contribution < 1.29 is 8.83 Å². The van der Waals surface area contributed by atoms with E-state index in [2.05, 4.69) is 171 Å². The van der Waals surface area contributed by atoms with Crippen molar-refractivity contribution in [1.82, 2.24) is 0 Å². The van der Waals surface area contributed by atoms with Crippen molar-refractivity contribution in [1.29, 1.82) is 0 Å². The molecule has 0 aliphatic carbocycles. The van der Waals surface area contributed by atoms with Crippen molar-refractivity contribution in [3.05, 3.63) is 210 Å². The van der Waals surface area contributed by atoms with Gasteiger partial charge in [-0.1, -0.05) is 164 Å². The van der Waals surface area contributed by atoms with Gasteiger partial charge in [0, 0.05) is 32.7 Å². The van der Waals surface area contributed by atoms with Crippen LogP contribution < -0.4 is 0 Å². The molecule has 0 radical (unpaired) electrons. The molecule has 11 aromatic rings. The van der Waals surface area contributed by atoms with E-state index in [0.717, 1.165) is 94.1 Å². The number of dihydropyridines is 1. The van der Waals surface area contributed by atoms with Crippen molar-refractivity contribution >= 4 is 87.5 Å². The Labute approximate surface area is 334 Å². The number of nitrogens with zero attached hydrogens (tertiary/aromatic N) is 1. The largest absolute Gasteiger partial charge is 0.455 e. The fourth-order valence-electron chi connectivity index (χ4n) is 9.66. The molecule has 3 heteroatoms. The number of hydrogen-bond acceptors (Lipinski definition) is 3. The second-order valence-corrected chi connectivity index (χ2v) is 15.4. The normalized spacial score (nSPS) is 14.9. The lowest BCUT2D eigenvalue weighted by Crippen LogP contribution is -2.17. The molecule has 1 unspecified atom stereocenters. The van der Waals surface area contributed by atoms with Crippen LogP contribution in [0.3, 0.4) is 0 Å². The van der Waals surface area contributed by atoms with E-state index >= 15 is 0 Å². The molecule has 12 rings (SSSR count). The SMILES string of the molecule is C=C1C(c2cccc3oc4c(-c5cccc6c5oc5ccccc56)cccc4c23)=C(C)C(c2ccccc2)=NC1c1ccc2c3ccccc3c3ccccc3c2c1. The molecular weight excluding hydrogens is 707 g/mol. The van der Waals surface area contributed by atoms with Crippen LogP contribution in [-0.2, 0) is 0 Å². The Hall–Kier alpha value is -7.49. The predicted molar refractivity (Wildman–Crippen MR) is 243 cm³/mol. The highest BCUT2D eigenvalue weighted by Gasteiger charge is 2.30. The topological polar surface area (TPSA) is 38.6 Å². The second-order valence-electron chi connectivity index (χ2n) is 15.4.